The van der Waals surface area contributed by atoms with E-state index in [1.54, 1.807) is 6.20 Å². The molecule has 1 aromatic carbocycles. The lowest BCUT2D eigenvalue weighted by molar-refractivity contribution is -0.130. The largest absolute Gasteiger partial charge is 0.361 e. The summed E-state index contributed by atoms with van der Waals surface area (Å²) in [5, 5.41) is 3.36. The van der Waals surface area contributed by atoms with Gasteiger partial charge in [0.2, 0.25) is 15.9 Å². The van der Waals surface area contributed by atoms with E-state index in [1.807, 2.05) is 0 Å². The summed E-state index contributed by atoms with van der Waals surface area (Å²) >= 11 is 5.58. The van der Waals surface area contributed by atoms with Crippen molar-refractivity contribution in [1.29, 1.82) is 0 Å². The number of amides is 1. The molecule has 0 bridgehead atoms. The fraction of sp³-hybridized carbons (Fsp3) is 0.286. The number of carbonyl (C=O) groups is 1. The predicted molar refractivity (Wildman–Crippen MR) is 82.2 cm³/mol. The molecule has 3 rings (SSSR count). The van der Waals surface area contributed by atoms with E-state index in [1.165, 1.54) is 4.90 Å². The second kappa shape index (κ2) is 6.50. The van der Waals surface area contributed by atoms with Gasteiger partial charge in [0, 0.05) is 18.5 Å². The zero-order chi connectivity index (χ0) is 17.3. The van der Waals surface area contributed by atoms with Gasteiger partial charge in [0.15, 0.2) is 0 Å². The molecule has 0 aliphatic carbocycles. The van der Waals surface area contributed by atoms with E-state index in [9.17, 15) is 17.6 Å². The Morgan fingerprint density at radius 1 is 1.46 bits per heavy atom. The number of nitrogens with zero attached hydrogens (tertiary/aromatic N) is 2. The average Bonchev–Trinajstić information content (AvgIpc) is 3.02. The molecule has 0 unspecified atom stereocenters. The van der Waals surface area contributed by atoms with Gasteiger partial charge in [0.05, 0.1) is 29.2 Å². The van der Waals surface area contributed by atoms with E-state index in [0.29, 0.717) is 19.5 Å². The minimum absolute atomic E-state index is 0.207. The lowest BCUT2D eigenvalue weighted by Gasteiger charge is -2.25. The molecule has 0 atom stereocenters. The number of hydrogen-bond acceptors (Lipinski definition) is 5. The van der Waals surface area contributed by atoms with E-state index in [-0.39, 0.29) is 15.8 Å². The molecule has 7 nitrogen and oxygen atoms in total. The summed E-state index contributed by atoms with van der Waals surface area (Å²) < 4.78 is 44.7. The molecule has 0 fully saturated rings. The van der Waals surface area contributed by atoms with Crippen molar-refractivity contribution in [2.75, 3.05) is 13.1 Å². The van der Waals surface area contributed by atoms with Crippen molar-refractivity contribution < 1.29 is 22.1 Å². The van der Waals surface area contributed by atoms with Gasteiger partial charge < -0.3 is 9.42 Å². The average molecular weight is 374 g/mol. The van der Waals surface area contributed by atoms with E-state index in [2.05, 4.69) is 9.88 Å². The van der Waals surface area contributed by atoms with Crippen LogP contribution in [0.2, 0.25) is 5.02 Å². The predicted octanol–water partition coefficient (Wildman–Crippen LogP) is 1.33. The Morgan fingerprint density at radius 3 is 3.00 bits per heavy atom. The van der Waals surface area contributed by atoms with Gasteiger partial charge in [-0.15, -0.1) is 0 Å². The highest BCUT2D eigenvalue weighted by Crippen LogP contribution is 2.20. The third kappa shape index (κ3) is 3.42. The summed E-state index contributed by atoms with van der Waals surface area (Å²) in [6.07, 6.45) is 2.07. The van der Waals surface area contributed by atoms with Crippen LogP contribution in [0.5, 0.6) is 0 Å². The van der Waals surface area contributed by atoms with Crippen molar-refractivity contribution in [2.45, 2.75) is 17.9 Å². The van der Waals surface area contributed by atoms with E-state index in [4.69, 9.17) is 16.1 Å². The summed E-state index contributed by atoms with van der Waals surface area (Å²) in [7, 11) is -3.96. The second-order valence-corrected chi connectivity index (χ2v) is 7.41. The number of nitrogens with one attached hydrogen (secondary N) is 1. The fourth-order valence-electron chi connectivity index (χ4n) is 2.35. The quantitative estimate of drug-likeness (QED) is 0.872. The van der Waals surface area contributed by atoms with Crippen LogP contribution in [0.15, 0.2) is 33.8 Å². The van der Waals surface area contributed by atoms with E-state index >= 15 is 0 Å². The van der Waals surface area contributed by atoms with Crippen LogP contribution in [0.1, 0.15) is 11.3 Å². The number of hydrogen-bond donors (Lipinski definition) is 1. The molecular weight excluding hydrogens is 361 g/mol. The maximum Gasteiger partial charge on any atom is 0.241 e. The number of aromatic nitrogens is 1. The summed E-state index contributed by atoms with van der Waals surface area (Å²) in [4.78, 5) is 13.5. The second-order valence-electron chi connectivity index (χ2n) is 5.24. The molecule has 2 aromatic rings. The normalized spacial score (nSPS) is 14.5. The Labute approximate surface area is 142 Å². The summed E-state index contributed by atoms with van der Waals surface area (Å²) in [5.74, 6) is -0.358. The molecule has 0 spiro atoms. The molecule has 0 saturated heterocycles. The first kappa shape index (κ1) is 16.9. The number of carbonyl (C=O) groups excluding carboxylic acids is 1. The highest BCUT2D eigenvalue weighted by atomic mass is 35.5. The van der Waals surface area contributed by atoms with Crippen LogP contribution < -0.4 is 4.72 Å². The van der Waals surface area contributed by atoms with Crippen LogP contribution in [-0.2, 0) is 27.8 Å². The summed E-state index contributed by atoms with van der Waals surface area (Å²) in [6, 6.07) is 3.03. The molecule has 0 radical (unpaired) electrons. The van der Waals surface area contributed by atoms with Crippen LogP contribution in [0.3, 0.4) is 0 Å². The van der Waals surface area contributed by atoms with Gasteiger partial charge in [-0.3, -0.25) is 4.79 Å². The zero-order valence-corrected chi connectivity index (χ0v) is 13.9. The molecule has 1 aliphatic heterocycles. The highest BCUT2D eigenvalue weighted by Gasteiger charge is 2.25. The van der Waals surface area contributed by atoms with Crippen LogP contribution in [0.25, 0.3) is 0 Å². The zero-order valence-electron chi connectivity index (χ0n) is 12.3. The minimum atomic E-state index is -3.96. The van der Waals surface area contributed by atoms with Gasteiger partial charge in [-0.25, -0.2) is 17.5 Å². The van der Waals surface area contributed by atoms with Crippen molar-refractivity contribution in [3.63, 3.8) is 0 Å². The van der Waals surface area contributed by atoms with Gasteiger partial charge in [-0.05, 0) is 18.2 Å². The number of sulfonamides is 1. The Morgan fingerprint density at radius 2 is 2.25 bits per heavy atom. The summed E-state index contributed by atoms with van der Waals surface area (Å²) in [5.41, 5.74) is 0.808. The molecule has 1 N–H and O–H groups in total. The van der Waals surface area contributed by atoms with E-state index < -0.39 is 22.4 Å². The van der Waals surface area contributed by atoms with Gasteiger partial charge in [-0.1, -0.05) is 16.8 Å². The first-order valence-corrected chi connectivity index (χ1v) is 8.88. The Balaban J connectivity index is 1.64. The third-order valence-corrected chi connectivity index (χ3v) is 5.36. The number of benzene rings is 1. The first-order chi connectivity index (χ1) is 11.4. The van der Waals surface area contributed by atoms with Crippen LogP contribution in [-0.4, -0.2) is 37.5 Å². The first-order valence-electron chi connectivity index (χ1n) is 7.02. The van der Waals surface area contributed by atoms with Gasteiger partial charge in [-0.2, -0.15) is 0 Å². The minimum Gasteiger partial charge on any atom is -0.361 e. The Kier molecular flexibility index (Phi) is 4.57. The summed E-state index contributed by atoms with van der Waals surface area (Å²) in [6.45, 7) is 0.338. The van der Waals surface area contributed by atoms with Gasteiger partial charge >= 0.3 is 0 Å². The van der Waals surface area contributed by atoms with Crippen LogP contribution >= 0.6 is 11.6 Å². The maximum absolute atomic E-state index is 13.1. The molecule has 0 saturated carbocycles. The fourth-order valence-corrected chi connectivity index (χ4v) is 3.59. The molecule has 24 heavy (non-hydrogen) atoms. The topological polar surface area (TPSA) is 92.5 Å². The van der Waals surface area contributed by atoms with E-state index in [0.717, 1.165) is 29.5 Å². The number of fused-ring (bicyclic) bond motifs is 1. The van der Waals surface area contributed by atoms with Crippen LogP contribution in [0.4, 0.5) is 4.39 Å². The van der Waals surface area contributed by atoms with Gasteiger partial charge in [0.1, 0.15) is 11.6 Å². The third-order valence-electron chi connectivity index (χ3n) is 3.67. The standard InChI is InChI=1S/C14H13ClFN3O4S/c15-11-5-10(1-2-12(11)16)24(21,22)18-7-14(20)19-4-3-13-9(8-19)6-17-23-13/h1-2,5-6,18H,3-4,7-8H2. The SMILES string of the molecule is O=C(CNS(=O)(=O)c1ccc(F)c(Cl)c1)N1CCc2oncc2C1. The lowest BCUT2D eigenvalue weighted by atomic mass is 10.1. The van der Waals surface area contributed by atoms with Crippen molar-refractivity contribution in [2.24, 2.45) is 0 Å². The highest BCUT2D eigenvalue weighted by molar-refractivity contribution is 7.89. The smallest absolute Gasteiger partial charge is 0.241 e. The number of halogens is 2. The molecule has 2 heterocycles. The van der Waals surface area contributed by atoms with Gasteiger partial charge in [0.25, 0.3) is 0 Å². The molecule has 1 amide bonds. The monoisotopic (exact) mass is 373 g/mol. The molecular formula is C14H13ClFN3O4S. The van der Waals surface area contributed by atoms with Crippen molar-refractivity contribution in [3.05, 3.63) is 46.6 Å². The van der Waals surface area contributed by atoms with Crippen molar-refractivity contribution in [3.8, 4) is 0 Å². The van der Waals surface area contributed by atoms with Crippen LogP contribution in [0, 0.1) is 5.82 Å². The van der Waals surface area contributed by atoms with Crippen molar-refractivity contribution in [1.82, 2.24) is 14.8 Å². The molecule has 128 valence electrons. The Bertz CT molecular complexity index is 884. The van der Waals surface area contributed by atoms with Crippen molar-refractivity contribution >= 4 is 27.5 Å². The molecule has 10 heteroatoms. The lowest BCUT2D eigenvalue weighted by Crippen LogP contribution is -2.42. The molecule has 1 aliphatic rings. The number of rotatable bonds is 4. The Hall–Kier alpha value is -1.97. The maximum atomic E-state index is 13.1. The molecule has 1 aromatic heterocycles.